The first-order chi connectivity index (χ1) is 23.4. The van der Waals surface area contributed by atoms with Crippen LogP contribution in [0.2, 0.25) is 0 Å². The molecule has 0 bridgehead atoms. The minimum absolute atomic E-state index is 0.649. The van der Waals surface area contributed by atoms with Gasteiger partial charge >= 0.3 is 0 Å². The van der Waals surface area contributed by atoms with Gasteiger partial charge in [0, 0.05) is 70.5 Å². The average Bonchev–Trinajstić information content (AvgIpc) is 3.82. The normalized spacial score (nSPS) is 19.2. The predicted octanol–water partition coefficient (Wildman–Crippen LogP) is 4.50. The van der Waals surface area contributed by atoms with Crippen molar-refractivity contribution in [1.29, 1.82) is 0 Å². The highest BCUT2D eigenvalue weighted by molar-refractivity contribution is 5.82. The lowest BCUT2D eigenvalue weighted by Crippen LogP contribution is -2.33. The van der Waals surface area contributed by atoms with Crippen LogP contribution in [0.5, 0.6) is 0 Å². The van der Waals surface area contributed by atoms with Gasteiger partial charge in [-0.2, -0.15) is 0 Å². The van der Waals surface area contributed by atoms with Crippen LogP contribution in [-0.2, 0) is 38.5 Å². The Morgan fingerprint density at radius 3 is 1.98 bits per heavy atom. The first-order valence-corrected chi connectivity index (χ1v) is 17.9. The number of aromatic amines is 3. The zero-order valence-electron chi connectivity index (χ0n) is 29.9. The third kappa shape index (κ3) is 7.43. The first-order valence-electron chi connectivity index (χ1n) is 17.9. The third-order valence-electron chi connectivity index (χ3n) is 10.4. The van der Waals surface area contributed by atoms with Gasteiger partial charge in [0.05, 0.1) is 0 Å². The van der Waals surface area contributed by atoms with E-state index in [1.165, 1.54) is 82.7 Å². The molecule has 2 unspecified atom stereocenters. The lowest BCUT2D eigenvalue weighted by molar-refractivity contribution is 0.268. The number of nitrogens with zero attached hydrogens (tertiary/aromatic N) is 5. The summed E-state index contributed by atoms with van der Waals surface area (Å²) in [6.07, 6.45) is 19.6. The summed E-state index contributed by atoms with van der Waals surface area (Å²) in [7, 11) is 12.4. The maximum atomic E-state index is 4.54. The fraction of sp³-hybridized carbons (Fsp3) is 0.513. The van der Waals surface area contributed by atoms with E-state index in [2.05, 4.69) is 91.4 Å². The monoisotopic (exact) mass is 649 g/mol. The number of H-pyrrole nitrogens is 3. The Labute approximate surface area is 285 Å². The third-order valence-corrected chi connectivity index (χ3v) is 10.4. The highest BCUT2D eigenvalue weighted by Gasteiger charge is 2.27. The molecule has 0 aromatic carbocycles. The molecule has 0 saturated carbocycles. The van der Waals surface area contributed by atoms with Crippen LogP contribution in [0, 0.1) is 0 Å². The predicted molar refractivity (Wildman–Crippen MR) is 198 cm³/mol. The van der Waals surface area contributed by atoms with Crippen molar-refractivity contribution in [2.24, 2.45) is 4.99 Å². The molecular weight excluding hydrogens is 594 g/mol. The molecule has 9 rings (SSSR count). The van der Waals surface area contributed by atoms with Crippen LogP contribution in [0.25, 0.3) is 28.1 Å². The summed E-state index contributed by atoms with van der Waals surface area (Å²) in [5, 5.41) is 6.79. The number of rotatable bonds is 2. The molecule has 4 aliphatic rings. The van der Waals surface area contributed by atoms with E-state index in [0.717, 1.165) is 55.4 Å². The Hall–Kier alpha value is -3.79. The molecule has 4 N–H and O–H groups in total. The Bertz CT molecular complexity index is 1930. The van der Waals surface area contributed by atoms with Crippen molar-refractivity contribution in [2.75, 3.05) is 48.8 Å². The van der Waals surface area contributed by atoms with Gasteiger partial charge in [0.15, 0.2) is 0 Å². The molecule has 6 heterocycles. The average molecular weight is 650 g/mol. The van der Waals surface area contributed by atoms with Crippen LogP contribution in [-0.4, -0.2) is 95.6 Å². The quantitative estimate of drug-likeness (QED) is 0.211. The Morgan fingerprint density at radius 1 is 0.688 bits per heavy atom. The second-order valence-electron chi connectivity index (χ2n) is 14.1. The van der Waals surface area contributed by atoms with E-state index in [1.54, 1.807) is 5.56 Å². The minimum atomic E-state index is 0.649. The molecule has 5 aromatic heterocycles. The van der Waals surface area contributed by atoms with Crippen molar-refractivity contribution in [1.82, 2.24) is 40.0 Å². The van der Waals surface area contributed by atoms with Gasteiger partial charge < -0.3 is 30.1 Å². The standard InChI is InChI=1S/C13H17N3.C12H15N3.C12H16N2.C2H7N/c1-16(2)9-5-6-12-11(8-9)10-4-3-7-14-13(10)15-12;1-15(2)8-6-10-9-4-3-5-13-12(9)14-11(10)7-8;1-2-5-9-10-6-4-8-13-12(10)14-11(9)7-3-1;1-3-2/h3-4,7,9H,5-6,8H2,1-2H3,(H,14,15);3-5,8H,6-7H2,1-2H3,(H,13,14);6H,1-5,7-8H2,(H,13,14);3H,1-2H3. The largest absolute Gasteiger partial charge is 0.343 e. The van der Waals surface area contributed by atoms with Crippen molar-refractivity contribution >= 4 is 28.1 Å². The fourth-order valence-electron chi connectivity index (χ4n) is 7.71. The highest BCUT2D eigenvalue weighted by atomic mass is 15.1. The van der Waals surface area contributed by atoms with Crippen LogP contribution in [0.1, 0.15) is 65.9 Å². The summed E-state index contributed by atoms with van der Waals surface area (Å²) >= 11 is 0. The summed E-state index contributed by atoms with van der Waals surface area (Å²) in [6.45, 7) is 0.965. The van der Waals surface area contributed by atoms with E-state index in [1.807, 2.05) is 38.6 Å². The van der Waals surface area contributed by atoms with E-state index in [4.69, 9.17) is 0 Å². The number of aromatic nitrogens is 5. The maximum absolute atomic E-state index is 4.54. The highest BCUT2D eigenvalue weighted by Crippen LogP contribution is 2.31. The fourth-order valence-corrected chi connectivity index (χ4v) is 7.71. The summed E-state index contributed by atoms with van der Waals surface area (Å²) in [5.74, 6) is 0. The molecule has 0 fully saturated rings. The number of likely N-dealkylation sites (N-methyl/N-ethyl adjacent to an activating group) is 2. The Kier molecular flexibility index (Phi) is 11.1. The van der Waals surface area contributed by atoms with E-state index in [0.29, 0.717) is 12.1 Å². The van der Waals surface area contributed by atoms with E-state index >= 15 is 0 Å². The van der Waals surface area contributed by atoms with E-state index in [9.17, 15) is 0 Å². The van der Waals surface area contributed by atoms with Gasteiger partial charge in [0.1, 0.15) is 16.8 Å². The molecule has 0 radical (unpaired) electrons. The zero-order chi connectivity index (χ0) is 33.6. The van der Waals surface area contributed by atoms with Crippen molar-refractivity contribution in [3.63, 3.8) is 0 Å². The smallest absolute Gasteiger partial charge is 0.137 e. The number of nitrogens with one attached hydrogen (secondary N) is 4. The topological polar surface area (TPSA) is 104 Å². The lowest BCUT2D eigenvalue weighted by atomic mass is 9.91. The van der Waals surface area contributed by atoms with Gasteiger partial charge in [-0.25, -0.2) is 9.97 Å². The van der Waals surface area contributed by atoms with Gasteiger partial charge in [-0.3, -0.25) is 4.99 Å². The lowest BCUT2D eigenvalue weighted by Gasteiger charge is -2.28. The van der Waals surface area contributed by atoms with Gasteiger partial charge in [-0.1, -0.05) is 12.5 Å². The number of pyridine rings is 2. The molecule has 0 spiro atoms. The van der Waals surface area contributed by atoms with Crippen LogP contribution >= 0.6 is 0 Å². The van der Waals surface area contributed by atoms with Gasteiger partial charge in [0.25, 0.3) is 0 Å². The van der Waals surface area contributed by atoms with Crippen molar-refractivity contribution in [3.8, 4) is 0 Å². The summed E-state index contributed by atoms with van der Waals surface area (Å²) < 4.78 is 0. The van der Waals surface area contributed by atoms with Gasteiger partial charge in [-0.05, 0) is 141 Å². The van der Waals surface area contributed by atoms with Crippen LogP contribution in [0.4, 0.5) is 0 Å². The van der Waals surface area contributed by atoms with Crippen LogP contribution < -0.4 is 16.0 Å². The molecule has 9 heteroatoms. The van der Waals surface area contributed by atoms with Crippen molar-refractivity contribution in [3.05, 3.63) is 81.1 Å². The van der Waals surface area contributed by atoms with Crippen molar-refractivity contribution in [2.45, 2.75) is 82.7 Å². The van der Waals surface area contributed by atoms with Crippen LogP contribution in [0.15, 0.2) is 41.7 Å². The molecule has 0 amide bonds. The molecule has 5 aromatic rings. The molecule has 3 aliphatic carbocycles. The SMILES string of the molecule is C1=c2c3c([nH]c2=NCC1)CCCCC3.CN(C)C1CCc2[nH]c3ncccc3c2C1.CN(C)C1Cc2[nH]c3ncccc3c2C1.CNC. The van der Waals surface area contributed by atoms with E-state index in [-0.39, 0.29) is 0 Å². The zero-order valence-corrected chi connectivity index (χ0v) is 29.9. The summed E-state index contributed by atoms with van der Waals surface area (Å²) in [5.41, 5.74) is 12.0. The molecule has 0 saturated heterocycles. The number of aryl methyl sites for hydroxylation is 2. The Balaban J connectivity index is 0.000000121. The molecule has 256 valence electrons. The molecule has 9 nitrogen and oxygen atoms in total. The maximum Gasteiger partial charge on any atom is 0.137 e. The molecule has 2 atom stereocenters. The number of fused-ring (bicyclic) bond motifs is 9. The summed E-state index contributed by atoms with van der Waals surface area (Å²) in [6, 6.07) is 9.70. The Morgan fingerprint density at radius 2 is 1.29 bits per heavy atom. The summed E-state index contributed by atoms with van der Waals surface area (Å²) in [4.78, 5) is 28.3. The first kappa shape index (κ1) is 34.1. The number of hydrogen-bond donors (Lipinski definition) is 4. The molecule has 1 aliphatic heterocycles. The van der Waals surface area contributed by atoms with Crippen LogP contribution in [0.3, 0.4) is 0 Å². The van der Waals surface area contributed by atoms with Gasteiger partial charge in [0.2, 0.25) is 0 Å². The second-order valence-corrected chi connectivity index (χ2v) is 14.1. The van der Waals surface area contributed by atoms with E-state index < -0.39 is 0 Å². The molecule has 48 heavy (non-hydrogen) atoms. The van der Waals surface area contributed by atoms with Gasteiger partial charge in [-0.15, -0.1) is 0 Å². The second kappa shape index (κ2) is 15.6. The number of hydrogen-bond acceptors (Lipinski definition) is 6. The van der Waals surface area contributed by atoms with Crippen molar-refractivity contribution < 1.29 is 0 Å². The molecular formula is C39H55N9. The minimum Gasteiger partial charge on any atom is -0.343 e.